The van der Waals surface area contributed by atoms with Crippen molar-refractivity contribution in [2.24, 2.45) is 5.92 Å². The molecule has 0 spiro atoms. The number of aromatic amines is 1. The number of nitrogens with zero attached hydrogens (tertiary/aromatic N) is 1. The molecule has 1 heterocycles. The lowest BCUT2D eigenvalue weighted by Crippen LogP contribution is -2.29. The van der Waals surface area contributed by atoms with Gasteiger partial charge in [-0.05, 0) is 49.0 Å². The summed E-state index contributed by atoms with van der Waals surface area (Å²) >= 11 is 3.30. The van der Waals surface area contributed by atoms with Crippen LogP contribution < -0.4 is 5.56 Å². The molecule has 1 aromatic heterocycles. The molecule has 0 saturated carbocycles. The molecule has 4 nitrogen and oxygen atoms in total. The van der Waals surface area contributed by atoms with E-state index in [4.69, 9.17) is 4.74 Å². The van der Waals surface area contributed by atoms with Crippen LogP contribution in [0.3, 0.4) is 0 Å². The van der Waals surface area contributed by atoms with Crippen molar-refractivity contribution in [3.63, 3.8) is 0 Å². The Kier molecular flexibility index (Phi) is 5.10. The van der Waals surface area contributed by atoms with E-state index in [1.54, 1.807) is 0 Å². The number of hydrogen-bond donors (Lipinski definition) is 1. The number of H-pyrrole nitrogens is 1. The van der Waals surface area contributed by atoms with Crippen molar-refractivity contribution >= 4 is 15.9 Å². The van der Waals surface area contributed by atoms with Crippen LogP contribution in [0, 0.1) is 5.92 Å². The van der Waals surface area contributed by atoms with Crippen molar-refractivity contribution in [1.29, 1.82) is 0 Å². The number of rotatable bonds is 5. The van der Waals surface area contributed by atoms with E-state index < -0.39 is 5.60 Å². The largest absolute Gasteiger partial charge is 0.368 e. The van der Waals surface area contributed by atoms with Gasteiger partial charge in [0.2, 0.25) is 0 Å². The van der Waals surface area contributed by atoms with Gasteiger partial charge in [-0.2, -0.15) is 0 Å². The molecule has 1 rings (SSSR count). The monoisotopic (exact) mass is 316 g/mol. The van der Waals surface area contributed by atoms with Gasteiger partial charge in [-0.25, -0.2) is 4.98 Å². The van der Waals surface area contributed by atoms with Gasteiger partial charge in [-0.1, -0.05) is 13.8 Å². The minimum Gasteiger partial charge on any atom is -0.368 e. The summed E-state index contributed by atoms with van der Waals surface area (Å²) in [6, 6.07) is 0. The van der Waals surface area contributed by atoms with Gasteiger partial charge in [-0.15, -0.1) is 0 Å². The molecule has 0 aliphatic rings. The maximum absolute atomic E-state index is 11.9. The first kappa shape index (κ1) is 15.4. The molecule has 1 N–H and O–H groups in total. The van der Waals surface area contributed by atoms with Gasteiger partial charge in [0.25, 0.3) is 5.56 Å². The lowest BCUT2D eigenvalue weighted by molar-refractivity contribution is -0.0212. The molecule has 0 bridgehead atoms. The summed E-state index contributed by atoms with van der Waals surface area (Å²) in [5.74, 6) is 1.02. The van der Waals surface area contributed by atoms with Crippen LogP contribution in [0.1, 0.15) is 46.1 Å². The minimum atomic E-state index is -0.583. The molecule has 0 amide bonds. The zero-order valence-corrected chi connectivity index (χ0v) is 13.2. The maximum Gasteiger partial charge on any atom is 0.265 e. The Morgan fingerprint density at radius 1 is 1.44 bits per heavy atom. The van der Waals surface area contributed by atoms with Gasteiger partial charge in [0, 0.05) is 6.61 Å². The molecule has 18 heavy (non-hydrogen) atoms. The average molecular weight is 317 g/mol. The fourth-order valence-electron chi connectivity index (χ4n) is 1.74. The second kappa shape index (κ2) is 5.97. The Labute approximate surface area is 116 Å². The van der Waals surface area contributed by atoms with Crippen molar-refractivity contribution in [2.75, 3.05) is 6.61 Å². The molecule has 0 atom stereocenters. The predicted molar refractivity (Wildman–Crippen MR) is 75.8 cm³/mol. The van der Waals surface area contributed by atoms with E-state index in [1.165, 1.54) is 0 Å². The molecule has 0 aliphatic carbocycles. The summed E-state index contributed by atoms with van der Waals surface area (Å²) in [7, 11) is 0. The van der Waals surface area contributed by atoms with Crippen LogP contribution in [0.5, 0.6) is 0 Å². The van der Waals surface area contributed by atoms with Crippen LogP contribution in [0.2, 0.25) is 0 Å². The van der Waals surface area contributed by atoms with Crippen LogP contribution in [-0.4, -0.2) is 16.6 Å². The molecular weight excluding hydrogens is 296 g/mol. The highest BCUT2D eigenvalue weighted by atomic mass is 79.9. The molecule has 0 fully saturated rings. The highest BCUT2D eigenvalue weighted by molar-refractivity contribution is 9.10. The zero-order valence-electron chi connectivity index (χ0n) is 11.6. The molecule has 1 aromatic rings. The number of ether oxygens (including phenoxy) is 1. The summed E-state index contributed by atoms with van der Waals surface area (Å²) in [6.45, 7) is 10.5. The van der Waals surface area contributed by atoms with Gasteiger partial charge >= 0.3 is 0 Å². The third-order valence-electron chi connectivity index (χ3n) is 2.61. The fourth-order valence-corrected chi connectivity index (χ4v) is 2.09. The first-order chi connectivity index (χ1) is 8.27. The molecule has 0 unspecified atom stereocenters. The first-order valence-corrected chi connectivity index (χ1v) is 7.00. The van der Waals surface area contributed by atoms with E-state index in [0.717, 1.165) is 12.1 Å². The third-order valence-corrected chi connectivity index (χ3v) is 3.43. The Hall–Kier alpha value is -0.680. The van der Waals surface area contributed by atoms with Crippen molar-refractivity contribution in [3.05, 3.63) is 26.3 Å². The van der Waals surface area contributed by atoms with Crippen molar-refractivity contribution in [2.45, 2.75) is 46.6 Å². The molecule has 0 radical (unpaired) electrons. The first-order valence-electron chi connectivity index (χ1n) is 6.21. The van der Waals surface area contributed by atoms with Crippen LogP contribution in [-0.2, 0) is 16.8 Å². The van der Waals surface area contributed by atoms with Crippen LogP contribution in [0.15, 0.2) is 9.27 Å². The molecule has 0 aromatic carbocycles. The van der Waals surface area contributed by atoms with Gasteiger partial charge in [-0.3, -0.25) is 4.79 Å². The summed E-state index contributed by atoms with van der Waals surface area (Å²) in [5, 5.41) is 0. The lowest BCUT2D eigenvalue weighted by atomic mass is 10.1. The predicted octanol–water partition coefficient (Wildman–Crippen LogP) is 3.00. The SMILES string of the molecule is CCOC(C)(C)c1nc(CC(C)C)c(Br)c(=O)[nH]1. The van der Waals surface area contributed by atoms with Crippen LogP contribution >= 0.6 is 15.9 Å². The van der Waals surface area contributed by atoms with Crippen molar-refractivity contribution < 1.29 is 4.74 Å². The summed E-state index contributed by atoms with van der Waals surface area (Å²) < 4.78 is 6.14. The quantitative estimate of drug-likeness (QED) is 0.908. The van der Waals surface area contributed by atoms with Gasteiger partial charge in [0.05, 0.1) is 5.69 Å². The minimum absolute atomic E-state index is 0.150. The topological polar surface area (TPSA) is 55.0 Å². The number of aromatic nitrogens is 2. The molecule has 0 saturated heterocycles. The van der Waals surface area contributed by atoms with E-state index in [2.05, 4.69) is 39.7 Å². The summed E-state index contributed by atoms with van der Waals surface area (Å²) in [4.78, 5) is 19.2. The van der Waals surface area contributed by atoms with Gasteiger partial charge in [0.15, 0.2) is 0 Å². The summed E-state index contributed by atoms with van der Waals surface area (Å²) in [6.07, 6.45) is 0.764. The van der Waals surface area contributed by atoms with Crippen LogP contribution in [0.4, 0.5) is 0 Å². The zero-order chi connectivity index (χ0) is 13.9. The van der Waals surface area contributed by atoms with Gasteiger partial charge in [0.1, 0.15) is 15.9 Å². The van der Waals surface area contributed by atoms with Crippen molar-refractivity contribution in [1.82, 2.24) is 9.97 Å². The Morgan fingerprint density at radius 3 is 2.56 bits per heavy atom. The molecule has 102 valence electrons. The average Bonchev–Trinajstić information content (AvgIpc) is 2.23. The van der Waals surface area contributed by atoms with Crippen LogP contribution in [0.25, 0.3) is 0 Å². The van der Waals surface area contributed by atoms with E-state index in [9.17, 15) is 4.79 Å². The molecule has 0 aliphatic heterocycles. The molecule has 5 heteroatoms. The second-order valence-corrected chi connectivity index (χ2v) is 6.01. The Bertz CT molecular complexity index is 467. The highest BCUT2D eigenvalue weighted by Gasteiger charge is 2.25. The van der Waals surface area contributed by atoms with E-state index in [0.29, 0.717) is 22.8 Å². The highest BCUT2D eigenvalue weighted by Crippen LogP contribution is 2.22. The Balaban J connectivity index is 3.23. The molecular formula is C13H21BrN2O2. The summed E-state index contributed by atoms with van der Waals surface area (Å²) in [5.41, 5.74) is 0.0559. The Morgan fingerprint density at radius 2 is 2.06 bits per heavy atom. The maximum atomic E-state index is 11.9. The third kappa shape index (κ3) is 3.65. The number of halogens is 1. The van der Waals surface area contributed by atoms with Gasteiger partial charge < -0.3 is 9.72 Å². The van der Waals surface area contributed by atoms with E-state index in [1.807, 2.05) is 20.8 Å². The number of hydrogen-bond acceptors (Lipinski definition) is 3. The fraction of sp³-hybridized carbons (Fsp3) is 0.692. The van der Waals surface area contributed by atoms with E-state index >= 15 is 0 Å². The lowest BCUT2D eigenvalue weighted by Gasteiger charge is -2.24. The second-order valence-electron chi connectivity index (χ2n) is 5.22. The van der Waals surface area contributed by atoms with Crippen molar-refractivity contribution in [3.8, 4) is 0 Å². The standard InChI is InChI=1S/C13H21BrN2O2/c1-6-18-13(4,5)12-15-9(7-8(2)3)10(14)11(17)16-12/h8H,6-7H2,1-5H3,(H,15,16,17). The normalized spacial score (nSPS) is 12.2. The van der Waals surface area contributed by atoms with E-state index in [-0.39, 0.29) is 5.56 Å². The number of nitrogens with one attached hydrogen (secondary N) is 1. The smallest absolute Gasteiger partial charge is 0.265 e.